The lowest BCUT2D eigenvalue weighted by atomic mass is 10.1. The van der Waals surface area contributed by atoms with Crippen molar-refractivity contribution >= 4 is 16.8 Å². The highest BCUT2D eigenvalue weighted by molar-refractivity contribution is 5.85. The Kier molecular flexibility index (Phi) is 4.14. The molecule has 2 aromatic rings. The van der Waals surface area contributed by atoms with Crippen LogP contribution in [0, 0.1) is 6.92 Å². The fraction of sp³-hybridized carbons (Fsp3) is 0.438. The van der Waals surface area contributed by atoms with Crippen LogP contribution in [0.3, 0.4) is 0 Å². The van der Waals surface area contributed by atoms with E-state index >= 15 is 0 Å². The number of aromatic amines is 1. The zero-order valence-corrected chi connectivity index (χ0v) is 12.9. The largest absolute Gasteiger partial charge is 0.357 e. The minimum Gasteiger partial charge on any atom is -0.357 e. The van der Waals surface area contributed by atoms with Crippen molar-refractivity contribution in [2.75, 3.05) is 21.1 Å². The fourth-order valence-corrected chi connectivity index (χ4v) is 2.35. The number of H-pyrrole nitrogens is 1. The summed E-state index contributed by atoms with van der Waals surface area (Å²) >= 11 is 0. The first-order valence-electron chi connectivity index (χ1n) is 6.89. The molecule has 0 bridgehead atoms. The van der Waals surface area contributed by atoms with E-state index in [0.29, 0.717) is 6.54 Å². The Bertz CT molecular complexity index is 615. The zero-order chi connectivity index (χ0) is 14.9. The van der Waals surface area contributed by atoms with Gasteiger partial charge in [-0.3, -0.25) is 9.69 Å². The Morgan fingerprint density at radius 1 is 1.25 bits per heavy atom. The summed E-state index contributed by atoms with van der Waals surface area (Å²) in [5, 5.41) is 1.23. The van der Waals surface area contributed by atoms with E-state index in [1.807, 2.05) is 45.1 Å². The second-order valence-corrected chi connectivity index (χ2v) is 5.61. The minimum absolute atomic E-state index is 0.107. The number of hydrogen-bond acceptors (Lipinski definition) is 2. The summed E-state index contributed by atoms with van der Waals surface area (Å²) in [4.78, 5) is 19.4. The first-order valence-corrected chi connectivity index (χ1v) is 6.89. The molecule has 1 atom stereocenters. The standard InChI is InChI=1S/C16H23N3O/c1-11-13-8-6-7-9-14(13)17-15(11)10-19(5)16(20)12(2)18(3)4/h6-9,12,17H,10H2,1-5H3. The lowest BCUT2D eigenvalue weighted by Gasteiger charge is -2.25. The summed E-state index contributed by atoms with van der Waals surface area (Å²) in [6, 6.07) is 8.12. The van der Waals surface area contributed by atoms with Gasteiger partial charge in [0.15, 0.2) is 0 Å². The molecule has 1 amide bonds. The number of carbonyl (C=O) groups is 1. The van der Waals surface area contributed by atoms with Crippen LogP contribution in [0.1, 0.15) is 18.2 Å². The lowest BCUT2D eigenvalue weighted by Crippen LogP contribution is -2.42. The molecular formula is C16H23N3O. The van der Waals surface area contributed by atoms with Crippen LogP contribution in [0.4, 0.5) is 0 Å². The molecule has 0 aliphatic rings. The topological polar surface area (TPSA) is 39.3 Å². The highest BCUT2D eigenvalue weighted by Gasteiger charge is 2.20. The van der Waals surface area contributed by atoms with Gasteiger partial charge in [-0.1, -0.05) is 18.2 Å². The first-order chi connectivity index (χ1) is 9.41. The SMILES string of the molecule is Cc1c(CN(C)C(=O)C(C)N(C)C)[nH]c2ccccc12. The van der Waals surface area contributed by atoms with Gasteiger partial charge in [-0.15, -0.1) is 0 Å². The number of nitrogens with one attached hydrogen (secondary N) is 1. The van der Waals surface area contributed by atoms with Gasteiger partial charge in [0.1, 0.15) is 0 Å². The van der Waals surface area contributed by atoms with Crippen LogP contribution < -0.4 is 0 Å². The molecule has 1 aromatic heterocycles. The summed E-state index contributed by atoms with van der Waals surface area (Å²) in [7, 11) is 5.70. The van der Waals surface area contributed by atoms with Crippen molar-refractivity contribution in [3.8, 4) is 0 Å². The van der Waals surface area contributed by atoms with Crippen LogP contribution in [-0.2, 0) is 11.3 Å². The van der Waals surface area contributed by atoms with Gasteiger partial charge < -0.3 is 9.88 Å². The predicted molar refractivity (Wildman–Crippen MR) is 82.7 cm³/mol. The van der Waals surface area contributed by atoms with Gasteiger partial charge in [0, 0.05) is 23.6 Å². The third-order valence-electron chi connectivity index (χ3n) is 3.97. The molecule has 0 spiro atoms. The van der Waals surface area contributed by atoms with Crippen LogP contribution in [-0.4, -0.2) is 47.9 Å². The molecule has 1 heterocycles. The molecule has 1 aromatic carbocycles. The van der Waals surface area contributed by atoms with Crippen molar-refractivity contribution in [3.05, 3.63) is 35.5 Å². The van der Waals surface area contributed by atoms with E-state index in [4.69, 9.17) is 0 Å². The molecule has 0 aliphatic carbocycles. The molecule has 1 N–H and O–H groups in total. The number of carbonyl (C=O) groups excluding carboxylic acids is 1. The molecular weight excluding hydrogens is 250 g/mol. The van der Waals surface area contributed by atoms with Crippen LogP contribution in [0.15, 0.2) is 24.3 Å². The van der Waals surface area contributed by atoms with E-state index in [0.717, 1.165) is 11.2 Å². The second-order valence-electron chi connectivity index (χ2n) is 5.61. The molecule has 4 nitrogen and oxygen atoms in total. The number of likely N-dealkylation sites (N-methyl/N-ethyl adjacent to an activating group) is 2. The van der Waals surface area contributed by atoms with Crippen LogP contribution in [0.2, 0.25) is 0 Å². The molecule has 0 saturated heterocycles. The number of nitrogens with zero attached hydrogens (tertiary/aromatic N) is 2. The number of hydrogen-bond donors (Lipinski definition) is 1. The highest BCUT2D eigenvalue weighted by atomic mass is 16.2. The zero-order valence-electron chi connectivity index (χ0n) is 12.9. The summed E-state index contributed by atoms with van der Waals surface area (Å²) in [5.74, 6) is 0.132. The molecule has 108 valence electrons. The van der Waals surface area contributed by atoms with E-state index in [1.165, 1.54) is 10.9 Å². The Hall–Kier alpha value is -1.81. The Morgan fingerprint density at radius 2 is 1.90 bits per heavy atom. The number of rotatable bonds is 4. The Morgan fingerprint density at radius 3 is 2.50 bits per heavy atom. The van der Waals surface area contributed by atoms with Crippen molar-refractivity contribution in [1.82, 2.24) is 14.8 Å². The molecule has 0 fully saturated rings. The average Bonchev–Trinajstić information content (AvgIpc) is 2.74. The first kappa shape index (κ1) is 14.6. The van der Waals surface area contributed by atoms with Gasteiger partial charge in [-0.25, -0.2) is 0 Å². The second kappa shape index (κ2) is 5.67. The number of benzene rings is 1. The van der Waals surface area contributed by atoms with Crippen LogP contribution in [0.5, 0.6) is 0 Å². The van der Waals surface area contributed by atoms with Gasteiger partial charge in [0.2, 0.25) is 5.91 Å². The van der Waals surface area contributed by atoms with Crippen molar-refractivity contribution in [3.63, 3.8) is 0 Å². The van der Waals surface area contributed by atoms with E-state index in [2.05, 4.69) is 24.0 Å². The van der Waals surface area contributed by atoms with Gasteiger partial charge in [0.05, 0.1) is 12.6 Å². The maximum absolute atomic E-state index is 12.3. The number of para-hydroxylation sites is 1. The van der Waals surface area contributed by atoms with E-state index in [9.17, 15) is 4.79 Å². The van der Waals surface area contributed by atoms with Crippen molar-refractivity contribution in [2.24, 2.45) is 0 Å². The van der Waals surface area contributed by atoms with Crippen molar-refractivity contribution in [1.29, 1.82) is 0 Å². The quantitative estimate of drug-likeness (QED) is 0.929. The normalized spacial score (nSPS) is 12.9. The summed E-state index contributed by atoms with van der Waals surface area (Å²) in [6.07, 6.45) is 0. The number of aromatic nitrogens is 1. The Balaban J connectivity index is 2.20. The van der Waals surface area contributed by atoms with Crippen LogP contribution >= 0.6 is 0 Å². The van der Waals surface area contributed by atoms with E-state index in [-0.39, 0.29) is 11.9 Å². The molecule has 1 unspecified atom stereocenters. The maximum Gasteiger partial charge on any atom is 0.239 e. The smallest absolute Gasteiger partial charge is 0.239 e. The fourth-order valence-electron chi connectivity index (χ4n) is 2.35. The van der Waals surface area contributed by atoms with Crippen LogP contribution in [0.25, 0.3) is 10.9 Å². The lowest BCUT2D eigenvalue weighted by molar-refractivity contribution is -0.134. The Labute approximate surface area is 120 Å². The number of aryl methyl sites for hydroxylation is 1. The summed E-state index contributed by atoms with van der Waals surface area (Å²) in [6.45, 7) is 4.64. The third kappa shape index (κ3) is 2.70. The van der Waals surface area contributed by atoms with Gasteiger partial charge in [0.25, 0.3) is 0 Å². The van der Waals surface area contributed by atoms with E-state index in [1.54, 1.807) is 4.90 Å². The molecule has 0 aliphatic heterocycles. The maximum atomic E-state index is 12.3. The van der Waals surface area contributed by atoms with Crippen molar-refractivity contribution in [2.45, 2.75) is 26.4 Å². The van der Waals surface area contributed by atoms with Gasteiger partial charge >= 0.3 is 0 Å². The minimum atomic E-state index is -0.107. The molecule has 0 radical (unpaired) electrons. The summed E-state index contributed by atoms with van der Waals surface area (Å²) < 4.78 is 0. The van der Waals surface area contributed by atoms with Crippen molar-refractivity contribution < 1.29 is 4.79 Å². The summed E-state index contributed by atoms with van der Waals surface area (Å²) in [5.41, 5.74) is 3.45. The molecule has 20 heavy (non-hydrogen) atoms. The average molecular weight is 273 g/mol. The predicted octanol–water partition coefficient (Wildman–Crippen LogP) is 2.38. The third-order valence-corrected chi connectivity index (χ3v) is 3.97. The molecule has 2 rings (SSSR count). The molecule has 4 heteroatoms. The number of fused-ring (bicyclic) bond motifs is 1. The number of amides is 1. The van der Waals surface area contributed by atoms with Gasteiger partial charge in [-0.05, 0) is 39.6 Å². The van der Waals surface area contributed by atoms with E-state index < -0.39 is 0 Å². The highest BCUT2D eigenvalue weighted by Crippen LogP contribution is 2.22. The van der Waals surface area contributed by atoms with Gasteiger partial charge in [-0.2, -0.15) is 0 Å². The monoisotopic (exact) mass is 273 g/mol. The molecule has 0 saturated carbocycles.